The van der Waals surface area contributed by atoms with Crippen LogP contribution in [0.25, 0.3) is 11.1 Å². The first-order valence-corrected chi connectivity index (χ1v) is 11.7. The zero-order valence-corrected chi connectivity index (χ0v) is 19.2. The SMILES string of the molecule is CC[C@H](C)[C@H](NC(=O)OCc1ccccc1)C(=O)N1CCCC(c2nc3ccccc3o2)C1. The average molecular weight is 450 g/mol. The van der Waals surface area contributed by atoms with Crippen molar-refractivity contribution in [2.24, 2.45) is 5.92 Å². The predicted octanol–water partition coefficient (Wildman–Crippen LogP) is 4.87. The molecular formula is C26H31N3O4. The second-order valence-corrected chi connectivity index (χ2v) is 8.71. The van der Waals surface area contributed by atoms with E-state index in [2.05, 4.69) is 10.3 Å². The molecular weight excluding hydrogens is 418 g/mol. The van der Waals surface area contributed by atoms with Crippen LogP contribution in [0.2, 0.25) is 0 Å². The lowest BCUT2D eigenvalue weighted by molar-refractivity contribution is -0.136. The molecule has 1 N–H and O–H groups in total. The van der Waals surface area contributed by atoms with Crippen LogP contribution in [0, 0.1) is 5.92 Å². The third-order valence-electron chi connectivity index (χ3n) is 6.36. The average Bonchev–Trinajstić information content (AvgIpc) is 3.30. The number of para-hydroxylation sites is 2. The lowest BCUT2D eigenvalue weighted by Crippen LogP contribution is -2.53. The van der Waals surface area contributed by atoms with Gasteiger partial charge >= 0.3 is 6.09 Å². The number of likely N-dealkylation sites (tertiary alicyclic amines) is 1. The summed E-state index contributed by atoms with van der Waals surface area (Å²) in [4.78, 5) is 32.4. The lowest BCUT2D eigenvalue weighted by Gasteiger charge is -2.35. The summed E-state index contributed by atoms with van der Waals surface area (Å²) >= 11 is 0. The van der Waals surface area contributed by atoms with Gasteiger partial charge in [0.1, 0.15) is 18.2 Å². The fourth-order valence-electron chi connectivity index (χ4n) is 4.22. The highest BCUT2D eigenvalue weighted by molar-refractivity contribution is 5.86. The number of piperidine rings is 1. The van der Waals surface area contributed by atoms with E-state index in [1.165, 1.54) is 0 Å². The lowest BCUT2D eigenvalue weighted by atomic mass is 9.94. The minimum absolute atomic E-state index is 0.0218. The Labute approximate surface area is 194 Å². The monoisotopic (exact) mass is 449 g/mol. The summed E-state index contributed by atoms with van der Waals surface area (Å²) in [6, 6.07) is 16.5. The number of amides is 2. The third-order valence-corrected chi connectivity index (χ3v) is 6.36. The van der Waals surface area contributed by atoms with E-state index < -0.39 is 12.1 Å². The Bertz CT molecular complexity index is 1050. The molecule has 174 valence electrons. The predicted molar refractivity (Wildman–Crippen MR) is 126 cm³/mol. The Hall–Kier alpha value is -3.35. The van der Waals surface area contributed by atoms with Gasteiger partial charge in [-0.2, -0.15) is 0 Å². The van der Waals surface area contributed by atoms with Crippen LogP contribution in [-0.4, -0.2) is 41.0 Å². The number of hydrogen-bond donors (Lipinski definition) is 1. The van der Waals surface area contributed by atoms with Crippen LogP contribution < -0.4 is 5.32 Å². The van der Waals surface area contributed by atoms with E-state index in [1.54, 1.807) is 0 Å². The smallest absolute Gasteiger partial charge is 0.408 e. The number of benzene rings is 2. The van der Waals surface area contributed by atoms with E-state index in [0.29, 0.717) is 19.0 Å². The van der Waals surface area contributed by atoms with Gasteiger partial charge in [0, 0.05) is 13.1 Å². The topological polar surface area (TPSA) is 84.7 Å². The van der Waals surface area contributed by atoms with Crippen molar-refractivity contribution < 1.29 is 18.7 Å². The minimum Gasteiger partial charge on any atom is -0.445 e. The van der Waals surface area contributed by atoms with E-state index in [1.807, 2.05) is 73.3 Å². The number of rotatable bonds is 7. The number of fused-ring (bicyclic) bond motifs is 1. The van der Waals surface area contributed by atoms with Crippen LogP contribution in [0.1, 0.15) is 50.5 Å². The molecule has 2 amide bonds. The zero-order valence-electron chi connectivity index (χ0n) is 19.2. The van der Waals surface area contributed by atoms with Crippen molar-refractivity contribution in [3.8, 4) is 0 Å². The molecule has 33 heavy (non-hydrogen) atoms. The summed E-state index contributed by atoms with van der Waals surface area (Å²) in [6.07, 6.45) is 1.96. The Morgan fingerprint density at radius 3 is 2.70 bits per heavy atom. The number of hydrogen-bond acceptors (Lipinski definition) is 5. The molecule has 2 aromatic carbocycles. The summed E-state index contributed by atoms with van der Waals surface area (Å²) < 4.78 is 11.3. The number of oxazole rings is 1. The highest BCUT2D eigenvalue weighted by Gasteiger charge is 2.34. The third kappa shape index (κ3) is 5.53. The molecule has 1 aliphatic rings. The van der Waals surface area contributed by atoms with Gasteiger partial charge in [-0.25, -0.2) is 9.78 Å². The summed E-state index contributed by atoms with van der Waals surface area (Å²) in [5, 5.41) is 2.82. The molecule has 1 fully saturated rings. The van der Waals surface area contributed by atoms with Crippen molar-refractivity contribution in [1.82, 2.24) is 15.2 Å². The van der Waals surface area contributed by atoms with Crippen LogP contribution in [0.15, 0.2) is 59.0 Å². The molecule has 0 aliphatic carbocycles. The maximum absolute atomic E-state index is 13.5. The first kappa shape index (κ1) is 22.8. The molecule has 7 nitrogen and oxygen atoms in total. The highest BCUT2D eigenvalue weighted by atomic mass is 16.5. The zero-order chi connectivity index (χ0) is 23.2. The molecule has 2 heterocycles. The molecule has 1 aliphatic heterocycles. The van der Waals surface area contributed by atoms with Crippen molar-refractivity contribution in [1.29, 1.82) is 0 Å². The van der Waals surface area contributed by atoms with Crippen LogP contribution in [0.5, 0.6) is 0 Å². The number of aromatic nitrogens is 1. The standard InChI is InChI=1S/C26H31N3O4/c1-3-18(2)23(28-26(31)32-17-19-10-5-4-6-11-19)25(30)29-15-9-12-20(16-29)24-27-21-13-7-8-14-22(21)33-24/h4-8,10-11,13-14,18,20,23H,3,9,12,15-17H2,1-2H3,(H,28,31)/t18-,20?,23-/m0/s1. The van der Waals surface area contributed by atoms with Gasteiger partial charge in [-0.15, -0.1) is 0 Å². The van der Waals surface area contributed by atoms with Crippen LogP contribution >= 0.6 is 0 Å². The first-order chi connectivity index (χ1) is 16.0. The molecule has 1 saturated heterocycles. The largest absolute Gasteiger partial charge is 0.445 e. The number of carbonyl (C=O) groups is 2. The molecule has 0 spiro atoms. The molecule has 1 aromatic heterocycles. The number of carbonyl (C=O) groups excluding carboxylic acids is 2. The Morgan fingerprint density at radius 2 is 1.94 bits per heavy atom. The van der Waals surface area contributed by atoms with E-state index in [4.69, 9.17) is 9.15 Å². The normalized spacial score (nSPS) is 18.0. The van der Waals surface area contributed by atoms with E-state index >= 15 is 0 Å². The quantitative estimate of drug-likeness (QED) is 0.556. The van der Waals surface area contributed by atoms with Crippen LogP contribution in [-0.2, 0) is 16.1 Å². The van der Waals surface area contributed by atoms with Gasteiger partial charge in [-0.05, 0) is 36.5 Å². The van der Waals surface area contributed by atoms with Crippen molar-refractivity contribution in [3.63, 3.8) is 0 Å². The van der Waals surface area contributed by atoms with Crippen molar-refractivity contribution >= 4 is 23.1 Å². The minimum atomic E-state index is -0.638. The first-order valence-electron chi connectivity index (χ1n) is 11.7. The number of nitrogens with one attached hydrogen (secondary N) is 1. The highest BCUT2D eigenvalue weighted by Crippen LogP contribution is 2.29. The van der Waals surface area contributed by atoms with Crippen molar-refractivity contribution in [2.45, 2.75) is 51.7 Å². The second-order valence-electron chi connectivity index (χ2n) is 8.71. The van der Waals surface area contributed by atoms with E-state index in [-0.39, 0.29) is 24.3 Å². The molecule has 3 aromatic rings. The summed E-state index contributed by atoms with van der Waals surface area (Å²) in [5.41, 5.74) is 2.49. The number of ether oxygens (including phenoxy) is 1. The van der Waals surface area contributed by atoms with E-state index in [9.17, 15) is 9.59 Å². The van der Waals surface area contributed by atoms with Gasteiger partial charge in [0.2, 0.25) is 5.91 Å². The van der Waals surface area contributed by atoms with Gasteiger partial charge in [0.05, 0.1) is 5.92 Å². The van der Waals surface area contributed by atoms with Crippen LogP contribution in [0.3, 0.4) is 0 Å². The Kier molecular flexibility index (Phi) is 7.27. The fraction of sp³-hybridized carbons (Fsp3) is 0.423. The maximum Gasteiger partial charge on any atom is 0.408 e. The maximum atomic E-state index is 13.5. The van der Waals surface area contributed by atoms with Gasteiger partial charge in [0.25, 0.3) is 0 Å². The molecule has 0 radical (unpaired) electrons. The Balaban J connectivity index is 1.41. The molecule has 0 saturated carbocycles. The fourth-order valence-corrected chi connectivity index (χ4v) is 4.22. The molecule has 0 bridgehead atoms. The van der Waals surface area contributed by atoms with Gasteiger partial charge in [0.15, 0.2) is 11.5 Å². The van der Waals surface area contributed by atoms with Gasteiger partial charge in [-0.1, -0.05) is 62.7 Å². The molecule has 4 rings (SSSR count). The van der Waals surface area contributed by atoms with Gasteiger partial charge in [-0.3, -0.25) is 4.79 Å². The summed E-state index contributed by atoms with van der Waals surface area (Å²) in [5.74, 6) is 0.607. The van der Waals surface area contributed by atoms with Crippen LogP contribution in [0.4, 0.5) is 4.79 Å². The number of nitrogens with zero attached hydrogens (tertiary/aromatic N) is 2. The molecule has 1 unspecified atom stereocenters. The van der Waals surface area contributed by atoms with Gasteiger partial charge < -0.3 is 19.4 Å². The van der Waals surface area contributed by atoms with Crippen molar-refractivity contribution in [3.05, 3.63) is 66.1 Å². The summed E-state index contributed by atoms with van der Waals surface area (Å²) in [6.45, 7) is 5.34. The molecule has 7 heteroatoms. The Morgan fingerprint density at radius 1 is 1.18 bits per heavy atom. The molecule has 3 atom stereocenters. The van der Waals surface area contributed by atoms with Crippen molar-refractivity contribution in [2.75, 3.05) is 13.1 Å². The number of alkyl carbamates (subject to hydrolysis) is 1. The summed E-state index contributed by atoms with van der Waals surface area (Å²) in [7, 11) is 0. The second kappa shape index (κ2) is 10.5. The van der Waals surface area contributed by atoms with E-state index in [0.717, 1.165) is 35.9 Å².